The van der Waals surface area contributed by atoms with Crippen molar-refractivity contribution in [2.24, 2.45) is 0 Å². The van der Waals surface area contributed by atoms with Crippen LogP contribution in [-0.2, 0) is 4.74 Å². The molecule has 1 heterocycles. The number of hydrogen-bond donors (Lipinski definition) is 0. The van der Waals surface area contributed by atoms with E-state index in [-0.39, 0.29) is 17.1 Å². The maximum atomic E-state index is 12.9. The van der Waals surface area contributed by atoms with Gasteiger partial charge < -0.3 is 4.74 Å². The predicted octanol–water partition coefficient (Wildman–Crippen LogP) is 4.79. The van der Waals surface area contributed by atoms with Gasteiger partial charge in [-0.2, -0.15) is 13.2 Å². The van der Waals surface area contributed by atoms with Crippen molar-refractivity contribution in [3.05, 3.63) is 29.0 Å². The fourth-order valence-corrected chi connectivity index (χ4v) is 1.85. The Bertz CT molecular complexity index is 449. The molecule has 1 aromatic heterocycles. The van der Waals surface area contributed by atoms with Crippen molar-refractivity contribution in [2.45, 2.75) is 51.3 Å². The molecule has 0 fully saturated rings. The molecular formula is C14H17ClF3NO2. The number of halogens is 4. The largest absolute Gasteiger partial charge is 0.449 e. The second-order valence-electron chi connectivity index (χ2n) is 4.65. The van der Waals surface area contributed by atoms with E-state index >= 15 is 0 Å². The molecule has 7 heteroatoms. The minimum Gasteiger partial charge on any atom is -0.449 e. The highest BCUT2D eigenvalue weighted by atomic mass is 35.5. The van der Waals surface area contributed by atoms with Gasteiger partial charge in [0.1, 0.15) is 5.15 Å². The van der Waals surface area contributed by atoms with Crippen LogP contribution in [0.1, 0.15) is 49.4 Å². The minimum absolute atomic E-state index is 0.0535. The molecule has 0 aromatic carbocycles. The van der Waals surface area contributed by atoms with Gasteiger partial charge in [-0.25, -0.2) is 9.78 Å². The number of hydrogen-bond acceptors (Lipinski definition) is 3. The maximum Gasteiger partial charge on any atom is 0.425 e. The Hall–Kier alpha value is -1.30. The molecule has 1 aromatic rings. The number of alkyl halides is 3. The lowest BCUT2D eigenvalue weighted by molar-refractivity contribution is -0.206. The zero-order valence-electron chi connectivity index (χ0n) is 11.6. The molecule has 0 N–H and O–H groups in total. The Morgan fingerprint density at radius 1 is 1.33 bits per heavy atom. The summed E-state index contributed by atoms with van der Waals surface area (Å²) in [6.07, 6.45) is -2.95. The summed E-state index contributed by atoms with van der Waals surface area (Å²) in [5, 5.41) is 0.151. The van der Waals surface area contributed by atoms with E-state index < -0.39 is 18.2 Å². The van der Waals surface area contributed by atoms with Crippen LogP contribution in [0.25, 0.3) is 0 Å². The summed E-state index contributed by atoms with van der Waals surface area (Å²) in [5.74, 6) is -1.04. The summed E-state index contributed by atoms with van der Waals surface area (Å²) in [6.45, 7) is 1.97. The number of carbonyl (C=O) groups excluding carboxylic acids is 1. The van der Waals surface area contributed by atoms with Gasteiger partial charge in [0.25, 0.3) is 0 Å². The molecule has 0 spiro atoms. The first-order chi connectivity index (χ1) is 9.84. The van der Waals surface area contributed by atoms with E-state index in [4.69, 9.17) is 11.6 Å². The van der Waals surface area contributed by atoms with Crippen molar-refractivity contribution in [1.82, 2.24) is 4.98 Å². The van der Waals surface area contributed by atoms with Gasteiger partial charge in [-0.3, -0.25) is 0 Å². The van der Waals surface area contributed by atoms with Gasteiger partial charge in [0.15, 0.2) is 6.10 Å². The Kier molecular flexibility index (Phi) is 6.95. The molecule has 0 aliphatic rings. The fourth-order valence-electron chi connectivity index (χ4n) is 1.74. The van der Waals surface area contributed by atoms with E-state index in [0.29, 0.717) is 12.8 Å². The molecule has 3 nitrogen and oxygen atoms in total. The minimum atomic E-state index is -4.57. The van der Waals surface area contributed by atoms with E-state index in [0.717, 1.165) is 19.0 Å². The lowest BCUT2D eigenvalue weighted by Crippen LogP contribution is -2.33. The summed E-state index contributed by atoms with van der Waals surface area (Å²) in [6, 6.07) is 2.60. The van der Waals surface area contributed by atoms with E-state index in [9.17, 15) is 18.0 Å². The number of ether oxygens (including phenoxy) is 1. The van der Waals surface area contributed by atoms with Crippen molar-refractivity contribution in [2.75, 3.05) is 0 Å². The van der Waals surface area contributed by atoms with Gasteiger partial charge in [0.2, 0.25) is 0 Å². The van der Waals surface area contributed by atoms with Crippen LogP contribution in [-0.4, -0.2) is 23.2 Å². The quantitative estimate of drug-likeness (QED) is 0.411. The van der Waals surface area contributed by atoms with E-state index in [2.05, 4.69) is 9.72 Å². The first kappa shape index (κ1) is 17.8. The maximum absolute atomic E-state index is 12.9. The first-order valence-electron chi connectivity index (χ1n) is 6.74. The molecule has 1 atom stereocenters. The number of unbranched alkanes of at least 4 members (excludes halogenated alkanes) is 3. The lowest BCUT2D eigenvalue weighted by atomic mass is 10.1. The summed E-state index contributed by atoms with van der Waals surface area (Å²) in [5.41, 5.74) is -0.0535. The van der Waals surface area contributed by atoms with Crippen LogP contribution in [0.4, 0.5) is 13.2 Å². The van der Waals surface area contributed by atoms with Crippen LogP contribution in [0.3, 0.4) is 0 Å². The van der Waals surface area contributed by atoms with Crippen LogP contribution >= 0.6 is 11.6 Å². The summed E-state index contributed by atoms with van der Waals surface area (Å²) >= 11 is 5.55. The van der Waals surface area contributed by atoms with Gasteiger partial charge in [-0.1, -0.05) is 37.8 Å². The molecule has 0 radical (unpaired) electrons. The van der Waals surface area contributed by atoms with Gasteiger partial charge in [-0.05, 0) is 25.0 Å². The highest BCUT2D eigenvalue weighted by molar-refractivity contribution is 6.29. The second kappa shape index (κ2) is 8.22. The van der Waals surface area contributed by atoms with Crippen molar-refractivity contribution in [3.8, 4) is 0 Å². The summed E-state index contributed by atoms with van der Waals surface area (Å²) in [7, 11) is 0. The first-order valence-corrected chi connectivity index (χ1v) is 7.11. The zero-order chi connectivity index (χ0) is 15.9. The standard InChI is InChI=1S/C14H17ClF3NO2/c1-2-3-4-5-6-11(14(16,17)18)21-13(20)10-7-8-12(15)19-9-10/h7-9,11H,2-6H2,1H3/t11-/m1/s1. The highest BCUT2D eigenvalue weighted by Crippen LogP contribution is 2.28. The molecule has 0 aliphatic carbocycles. The fraction of sp³-hybridized carbons (Fsp3) is 0.571. The third-order valence-electron chi connectivity index (χ3n) is 2.90. The number of pyridine rings is 1. The Balaban J connectivity index is 2.63. The predicted molar refractivity (Wildman–Crippen MR) is 73.3 cm³/mol. The Morgan fingerprint density at radius 3 is 2.57 bits per heavy atom. The normalized spacial score (nSPS) is 13.0. The average molecular weight is 324 g/mol. The smallest absolute Gasteiger partial charge is 0.425 e. The number of aromatic nitrogens is 1. The lowest BCUT2D eigenvalue weighted by Gasteiger charge is -2.20. The van der Waals surface area contributed by atoms with E-state index in [1.165, 1.54) is 12.1 Å². The second-order valence-corrected chi connectivity index (χ2v) is 5.04. The van der Waals surface area contributed by atoms with Crippen molar-refractivity contribution >= 4 is 17.6 Å². The number of carbonyl (C=O) groups is 1. The molecular weight excluding hydrogens is 307 g/mol. The van der Waals surface area contributed by atoms with Crippen molar-refractivity contribution < 1.29 is 22.7 Å². The van der Waals surface area contributed by atoms with Gasteiger partial charge in [0.05, 0.1) is 5.56 Å². The molecule has 21 heavy (non-hydrogen) atoms. The van der Waals surface area contributed by atoms with E-state index in [1.807, 2.05) is 6.92 Å². The molecule has 0 bridgehead atoms. The van der Waals surface area contributed by atoms with E-state index in [1.54, 1.807) is 0 Å². The van der Waals surface area contributed by atoms with Crippen LogP contribution in [0.15, 0.2) is 18.3 Å². The van der Waals surface area contributed by atoms with Crippen LogP contribution in [0.2, 0.25) is 5.15 Å². The van der Waals surface area contributed by atoms with Gasteiger partial charge in [-0.15, -0.1) is 0 Å². The van der Waals surface area contributed by atoms with Crippen LogP contribution in [0, 0.1) is 0 Å². The monoisotopic (exact) mass is 323 g/mol. The number of esters is 1. The average Bonchev–Trinajstić information content (AvgIpc) is 2.41. The molecule has 118 valence electrons. The molecule has 0 unspecified atom stereocenters. The van der Waals surface area contributed by atoms with Crippen LogP contribution in [0.5, 0.6) is 0 Å². The summed E-state index contributed by atoms with van der Waals surface area (Å²) in [4.78, 5) is 15.3. The molecule has 1 rings (SSSR count). The third kappa shape index (κ3) is 6.33. The SMILES string of the molecule is CCCCCC[C@@H](OC(=O)c1ccc(Cl)nc1)C(F)(F)F. The topological polar surface area (TPSA) is 39.2 Å². The van der Waals surface area contributed by atoms with Crippen molar-refractivity contribution in [3.63, 3.8) is 0 Å². The number of rotatable bonds is 7. The van der Waals surface area contributed by atoms with Crippen molar-refractivity contribution in [1.29, 1.82) is 0 Å². The Morgan fingerprint density at radius 2 is 2.05 bits per heavy atom. The van der Waals surface area contributed by atoms with Crippen LogP contribution < -0.4 is 0 Å². The molecule has 0 saturated carbocycles. The third-order valence-corrected chi connectivity index (χ3v) is 3.12. The Labute approximate surface area is 126 Å². The molecule has 0 amide bonds. The highest BCUT2D eigenvalue weighted by Gasteiger charge is 2.42. The number of nitrogens with zero attached hydrogens (tertiary/aromatic N) is 1. The molecule has 0 aliphatic heterocycles. The van der Waals surface area contributed by atoms with Gasteiger partial charge in [0, 0.05) is 6.20 Å². The van der Waals surface area contributed by atoms with Gasteiger partial charge >= 0.3 is 12.1 Å². The zero-order valence-corrected chi connectivity index (χ0v) is 12.4. The summed E-state index contributed by atoms with van der Waals surface area (Å²) < 4.78 is 43.1. The molecule has 0 saturated heterocycles.